The molecule has 0 atom stereocenters. The number of aromatic nitrogens is 2. The summed E-state index contributed by atoms with van der Waals surface area (Å²) in [5, 5.41) is 0. The van der Waals surface area contributed by atoms with Crippen LogP contribution in [0.4, 0.5) is 5.82 Å². The van der Waals surface area contributed by atoms with E-state index >= 15 is 0 Å². The number of hydrogen-bond acceptors (Lipinski definition) is 6. The predicted octanol–water partition coefficient (Wildman–Crippen LogP) is 0.625. The Morgan fingerprint density at radius 2 is 2.25 bits per heavy atom. The van der Waals surface area contributed by atoms with E-state index in [4.69, 9.17) is 0 Å². The fourth-order valence-corrected chi connectivity index (χ4v) is 0.772. The summed E-state index contributed by atoms with van der Waals surface area (Å²) < 4.78 is 7.78. The minimum atomic E-state index is -0.591. The van der Waals surface area contributed by atoms with Gasteiger partial charge in [0.15, 0.2) is 11.5 Å². The van der Waals surface area contributed by atoms with E-state index in [0.717, 1.165) is 0 Å². The molecule has 0 unspecified atom stereocenters. The normalized spacial score (nSPS) is 9.08. The molecule has 0 N–H and O–H groups in total. The van der Waals surface area contributed by atoms with Gasteiger partial charge in [-0.2, -0.15) is 4.36 Å². The van der Waals surface area contributed by atoms with E-state index < -0.39 is 5.97 Å². The number of rotatable bonds is 2. The first kappa shape index (κ1) is 8.66. The molecule has 0 spiro atoms. The zero-order valence-corrected chi connectivity index (χ0v) is 7.04. The van der Waals surface area contributed by atoms with Crippen LogP contribution in [0.1, 0.15) is 10.5 Å². The van der Waals surface area contributed by atoms with Gasteiger partial charge in [0.1, 0.15) is 0 Å². The number of carbonyl (C=O) groups excluding carboxylic acids is 1. The van der Waals surface area contributed by atoms with E-state index in [1.807, 2.05) is 0 Å². The topological polar surface area (TPSA) is 64.4 Å². The summed E-state index contributed by atoms with van der Waals surface area (Å²) in [4.78, 5) is 18.4. The van der Waals surface area contributed by atoms with E-state index in [9.17, 15) is 4.79 Å². The van der Waals surface area contributed by atoms with Gasteiger partial charge in [-0.15, -0.1) is 0 Å². The first-order valence-electron chi connectivity index (χ1n) is 3.02. The molecule has 1 heterocycles. The van der Waals surface area contributed by atoms with Crippen LogP contribution in [0.15, 0.2) is 16.8 Å². The molecule has 1 rings (SSSR count). The van der Waals surface area contributed by atoms with Crippen LogP contribution in [0.5, 0.6) is 0 Å². The lowest BCUT2D eigenvalue weighted by molar-refractivity contribution is 0.0594. The third-order valence-corrected chi connectivity index (χ3v) is 1.32. The predicted molar refractivity (Wildman–Crippen MR) is 42.8 cm³/mol. The van der Waals surface area contributed by atoms with E-state index in [-0.39, 0.29) is 11.5 Å². The van der Waals surface area contributed by atoms with Gasteiger partial charge in [0.25, 0.3) is 0 Å². The van der Waals surface area contributed by atoms with Crippen molar-refractivity contribution in [1.29, 1.82) is 0 Å². The van der Waals surface area contributed by atoms with Crippen LogP contribution in [0.3, 0.4) is 0 Å². The fourth-order valence-electron chi connectivity index (χ4n) is 0.638. The average Bonchev–Trinajstić information content (AvgIpc) is 2.16. The monoisotopic (exact) mass is 183 g/mol. The standard InChI is InChI=1S/C6H5N3O2S/c1-11-6(10)4-5(9-12)8-3-2-7-4/h2-3H,1H3. The Morgan fingerprint density at radius 1 is 1.58 bits per heavy atom. The van der Waals surface area contributed by atoms with Crippen molar-refractivity contribution < 1.29 is 9.53 Å². The lowest BCUT2D eigenvalue weighted by atomic mass is 10.4. The van der Waals surface area contributed by atoms with Crippen LogP contribution in [0.25, 0.3) is 0 Å². The number of esters is 1. The molecule has 0 aliphatic carbocycles. The molecule has 12 heavy (non-hydrogen) atoms. The summed E-state index contributed by atoms with van der Waals surface area (Å²) in [6.45, 7) is 0. The van der Waals surface area contributed by atoms with Crippen molar-refractivity contribution >= 4 is 24.2 Å². The van der Waals surface area contributed by atoms with Crippen molar-refractivity contribution in [2.45, 2.75) is 0 Å². The van der Waals surface area contributed by atoms with Crippen molar-refractivity contribution in [2.24, 2.45) is 4.36 Å². The van der Waals surface area contributed by atoms with Gasteiger partial charge in [-0.3, -0.25) is 0 Å². The number of nitrogens with zero attached hydrogens (tertiary/aromatic N) is 3. The SMILES string of the molecule is COC(=O)c1nccnc1N=S. The smallest absolute Gasteiger partial charge is 0.360 e. The van der Waals surface area contributed by atoms with Crippen molar-refractivity contribution in [2.75, 3.05) is 7.11 Å². The van der Waals surface area contributed by atoms with Crippen LogP contribution in [0, 0.1) is 0 Å². The van der Waals surface area contributed by atoms with Gasteiger partial charge in [-0.25, -0.2) is 14.8 Å². The Balaban J connectivity index is 3.13. The molecule has 0 saturated carbocycles. The van der Waals surface area contributed by atoms with E-state index in [1.165, 1.54) is 19.5 Å². The summed E-state index contributed by atoms with van der Waals surface area (Å²) in [6.07, 6.45) is 2.77. The molecule has 0 radical (unpaired) electrons. The van der Waals surface area contributed by atoms with Crippen molar-refractivity contribution in [3.8, 4) is 0 Å². The highest BCUT2D eigenvalue weighted by molar-refractivity contribution is 7.47. The van der Waals surface area contributed by atoms with Gasteiger partial charge in [0, 0.05) is 24.8 Å². The lowest BCUT2D eigenvalue weighted by Crippen LogP contribution is -2.04. The molecule has 0 saturated heterocycles. The summed E-state index contributed by atoms with van der Waals surface area (Å²) in [6, 6.07) is 0. The molecular formula is C6H5N3O2S. The zero-order valence-electron chi connectivity index (χ0n) is 6.22. The second-order valence-electron chi connectivity index (χ2n) is 1.81. The quantitative estimate of drug-likeness (QED) is 0.629. The lowest BCUT2D eigenvalue weighted by Gasteiger charge is -1.98. The maximum Gasteiger partial charge on any atom is 0.360 e. The zero-order chi connectivity index (χ0) is 8.97. The van der Waals surface area contributed by atoms with Gasteiger partial charge in [0.2, 0.25) is 0 Å². The Hall–Kier alpha value is -1.43. The largest absolute Gasteiger partial charge is 0.464 e. The van der Waals surface area contributed by atoms with Crippen molar-refractivity contribution in [3.63, 3.8) is 0 Å². The molecule has 5 nitrogen and oxygen atoms in total. The Bertz CT molecular complexity index is 315. The van der Waals surface area contributed by atoms with E-state index in [1.54, 1.807) is 0 Å². The molecular weight excluding hydrogens is 178 g/mol. The van der Waals surface area contributed by atoms with Gasteiger partial charge in [0.05, 0.1) is 7.11 Å². The van der Waals surface area contributed by atoms with Crippen LogP contribution in [-0.4, -0.2) is 23.0 Å². The molecule has 0 fully saturated rings. The summed E-state index contributed by atoms with van der Waals surface area (Å²) in [5.41, 5.74) is 0.0370. The highest BCUT2D eigenvalue weighted by Crippen LogP contribution is 2.11. The van der Waals surface area contributed by atoms with Crippen molar-refractivity contribution in [3.05, 3.63) is 18.1 Å². The summed E-state index contributed by atoms with van der Waals surface area (Å²) >= 11 is 4.39. The van der Waals surface area contributed by atoms with Gasteiger partial charge in [-0.1, -0.05) is 0 Å². The molecule has 1 aromatic rings. The fraction of sp³-hybridized carbons (Fsp3) is 0.167. The minimum Gasteiger partial charge on any atom is -0.464 e. The number of methoxy groups -OCH3 is 1. The molecule has 62 valence electrons. The van der Waals surface area contributed by atoms with E-state index in [2.05, 4.69) is 31.5 Å². The van der Waals surface area contributed by atoms with Gasteiger partial charge in [-0.05, 0) is 0 Å². The maximum absolute atomic E-state index is 11.0. The highest BCUT2D eigenvalue weighted by Gasteiger charge is 2.12. The second-order valence-corrected chi connectivity index (χ2v) is 1.99. The van der Waals surface area contributed by atoms with E-state index in [0.29, 0.717) is 0 Å². The maximum atomic E-state index is 11.0. The Labute approximate surface area is 74.0 Å². The molecule has 0 amide bonds. The molecule has 0 aliphatic rings. The van der Waals surface area contributed by atoms with Crippen molar-refractivity contribution in [1.82, 2.24) is 9.97 Å². The molecule has 0 aromatic carbocycles. The third kappa shape index (κ3) is 1.59. The third-order valence-electron chi connectivity index (χ3n) is 1.14. The van der Waals surface area contributed by atoms with Crippen LogP contribution >= 0.6 is 0 Å². The first-order chi connectivity index (χ1) is 5.79. The molecule has 0 bridgehead atoms. The number of hydrogen-bond donors (Lipinski definition) is 0. The molecule has 6 heteroatoms. The average molecular weight is 183 g/mol. The second kappa shape index (κ2) is 3.82. The Kier molecular flexibility index (Phi) is 2.76. The summed E-state index contributed by atoms with van der Waals surface area (Å²) in [7, 11) is 1.25. The van der Waals surface area contributed by atoms with Crippen LogP contribution in [0.2, 0.25) is 0 Å². The number of ether oxygens (including phenoxy) is 1. The minimum absolute atomic E-state index is 0.0370. The van der Waals surface area contributed by atoms with Gasteiger partial charge < -0.3 is 4.74 Å². The first-order valence-corrected chi connectivity index (χ1v) is 3.38. The Morgan fingerprint density at radius 3 is 2.83 bits per heavy atom. The number of carbonyl (C=O) groups is 1. The highest BCUT2D eigenvalue weighted by atomic mass is 32.1. The van der Waals surface area contributed by atoms with Crippen LogP contribution in [-0.2, 0) is 17.2 Å². The van der Waals surface area contributed by atoms with Crippen LogP contribution < -0.4 is 0 Å². The van der Waals surface area contributed by atoms with Gasteiger partial charge >= 0.3 is 5.97 Å². The summed E-state index contributed by atoms with van der Waals surface area (Å²) in [5.74, 6) is -0.481. The molecule has 1 aromatic heterocycles. The molecule has 0 aliphatic heterocycles.